The Morgan fingerprint density at radius 1 is 1.56 bits per heavy atom. The van der Waals surface area contributed by atoms with Gasteiger partial charge in [0.2, 0.25) is 0 Å². The summed E-state index contributed by atoms with van der Waals surface area (Å²) in [6.07, 6.45) is -0.820. The number of hydrogen-bond acceptors (Lipinski definition) is 3. The second-order valence-electron chi connectivity index (χ2n) is 1.99. The molecule has 0 bridgehead atoms. The van der Waals surface area contributed by atoms with Crippen LogP contribution in [0.2, 0.25) is 0 Å². The quantitative estimate of drug-likeness (QED) is 0.508. The van der Waals surface area contributed by atoms with Gasteiger partial charge >= 0.3 is 5.97 Å². The van der Waals surface area contributed by atoms with Crippen molar-refractivity contribution >= 4 is 5.97 Å². The molecule has 0 aromatic carbocycles. The Morgan fingerprint density at radius 3 is 2.44 bits per heavy atom. The first-order chi connectivity index (χ1) is 4.20. The third kappa shape index (κ3) is 1.40. The minimum Gasteiger partial charge on any atom is -0.479 e. The highest BCUT2D eigenvalue weighted by molar-refractivity contribution is 5.72. The number of carboxylic acid groups (broad SMARTS) is 1. The molecule has 0 radical (unpaired) electrons. The number of aliphatic hydroxyl groups is 1. The van der Waals surface area contributed by atoms with Crippen molar-refractivity contribution in [2.45, 2.75) is 25.2 Å². The highest BCUT2D eigenvalue weighted by Crippen LogP contribution is 2.16. The number of aliphatic hydroxyl groups excluding tert-OH is 1. The lowest BCUT2D eigenvalue weighted by molar-refractivity contribution is -0.159. The Hall–Kier alpha value is -0.610. The molecule has 9 heavy (non-hydrogen) atoms. The van der Waals surface area contributed by atoms with Crippen molar-refractivity contribution in [1.29, 1.82) is 0 Å². The maximum absolute atomic E-state index is 10.1. The van der Waals surface area contributed by atoms with E-state index in [1.54, 1.807) is 0 Å². The van der Waals surface area contributed by atoms with Crippen LogP contribution in [0.4, 0.5) is 0 Å². The largest absolute Gasteiger partial charge is 0.479 e. The van der Waals surface area contributed by atoms with E-state index >= 15 is 0 Å². The molecule has 0 spiro atoms. The number of carbonyl (C=O) groups is 1. The maximum Gasteiger partial charge on any atom is 0.332 e. The van der Waals surface area contributed by atoms with Gasteiger partial charge in [0, 0.05) is 6.42 Å². The second-order valence-corrected chi connectivity index (χ2v) is 1.99. The zero-order valence-electron chi connectivity index (χ0n) is 4.78. The van der Waals surface area contributed by atoms with Crippen molar-refractivity contribution < 1.29 is 19.7 Å². The van der Waals surface area contributed by atoms with E-state index in [1.165, 1.54) is 0 Å². The molecular weight excluding hydrogens is 124 g/mol. The molecular formula is C5H8O4. The summed E-state index contributed by atoms with van der Waals surface area (Å²) in [5, 5.41) is 17.0. The first-order valence-electron chi connectivity index (χ1n) is 2.76. The summed E-state index contributed by atoms with van der Waals surface area (Å²) in [5.74, 6) is -0.994. The van der Waals surface area contributed by atoms with Crippen molar-refractivity contribution in [3.05, 3.63) is 0 Å². The van der Waals surface area contributed by atoms with Crippen LogP contribution in [0.25, 0.3) is 0 Å². The summed E-state index contributed by atoms with van der Waals surface area (Å²) < 4.78 is 4.58. The minimum atomic E-state index is -0.994. The minimum absolute atomic E-state index is 0.413. The lowest BCUT2D eigenvalue weighted by atomic mass is 10.2. The summed E-state index contributed by atoms with van der Waals surface area (Å²) in [7, 11) is 0. The molecule has 0 saturated carbocycles. The fourth-order valence-corrected chi connectivity index (χ4v) is 0.801. The van der Waals surface area contributed by atoms with E-state index in [9.17, 15) is 4.79 Å². The van der Waals surface area contributed by atoms with Gasteiger partial charge in [-0.1, -0.05) is 0 Å². The molecule has 1 aliphatic rings. The molecule has 1 fully saturated rings. The van der Waals surface area contributed by atoms with Crippen molar-refractivity contribution in [2.24, 2.45) is 0 Å². The molecule has 4 heteroatoms. The van der Waals surface area contributed by atoms with E-state index in [-0.39, 0.29) is 0 Å². The van der Waals surface area contributed by atoms with Gasteiger partial charge in [-0.2, -0.15) is 0 Å². The Balaban J connectivity index is 2.39. The molecule has 2 atom stereocenters. The number of carboxylic acids is 1. The van der Waals surface area contributed by atoms with E-state index in [1.807, 2.05) is 0 Å². The van der Waals surface area contributed by atoms with Crippen LogP contribution >= 0.6 is 0 Å². The SMILES string of the molecule is O=C(O)C1CC[C@@H](O)O1. The first-order valence-corrected chi connectivity index (χ1v) is 2.76. The number of ether oxygens (including phenoxy) is 1. The standard InChI is InChI=1S/C5H8O4/c6-4-2-1-3(9-4)5(7)8/h3-4,6H,1-2H2,(H,7,8)/t3?,4-/m0/s1. The van der Waals surface area contributed by atoms with Gasteiger partial charge in [-0.15, -0.1) is 0 Å². The zero-order chi connectivity index (χ0) is 6.85. The van der Waals surface area contributed by atoms with Crippen molar-refractivity contribution in [2.75, 3.05) is 0 Å². The third-order valence-corrected chi connectivity index (χ3v) is 1.27. The topological polar surface area (TPSA) is 66.8 Å². The summed E-state index contributed by atoms with van der Waals surface area (Å²) in [6.45, 7) is 0. The summed E-state index contributed by atoms with van der Waals surface area (Å²) in [5.41, 5.74) is 0. The van der Waals surface area contributed by atoms with E-state index < -0.39 is 18.4 Å². The van der Waals surface area contributed by atoms with Crippen LogP contribution in [-0.4, -0.2) is 28.6 Å². The first kappa shape index (κ1) is 6.51. The number of aliphatic carboxylic acids is 1. The molecule has 1 unspecified atom stereocenters. The van der Waals surface area contributed by atoms with Crippen LogP contribution in [0, 0.1) is 0 Å². The molecule has 0 aliphatic carbocycles. The van der Waals surface area contributed by atoms with E-state index in [2.05, 4.69) is 4.74 Å². The third-order valence-electron chi connectivity index (χ3n) is 1.27. The highest BCUT2D eigenvalue weighted by Gasteiger charge is 2.28. The van der Waals surface area contributed by atoms with Crippen LogP contribution in [0.15, 0.2) is 0 Å². The summed E-state index contributed by atoms with van der Waals surface area (Å²) in [6, 6.07) is 0. The van der Waals surface area contributed by atoms with Crippen molar-refractivity contribution in [3.63, 3.8) is 0 Å². The van der Waals surface area contributed by atoms with Gasteiger partial charge in [0.05, 0.1) is 0 Å². The van der Waals surface area contributed by atoms with Crippen LogP contribution in [-0.2, 0) is 9.53 Å². The Morgan fingerprint density at radius 2 is 2.22 bits per heavy atom. The Kier molecular flexibility index (Phi) is 1.68. The molecule has 52 valence electrons. The smallest absolute Gasteiger partial charge is 0.332 e. The molecule has 0 aromatic heterocycles. The predicted octanol–water partition coefficient (Wildman–Crippen LogP) is -0.432. The summed E-state index contributed by atoms with van der Waals surface area (Å²) >= 11 is 0. The molecule has 4 nitrogen and oxygen atoms in total. The van der Waals surface area contributed by atoms with E-state index in [4.69, 9.17) is 10.2 Å². The van der Waals surface area contributed by atoms with Gasteiger partial charge in [-0.05, 0) is 6.42 Å². The Bertz CT molecular complexity index is 122. The van der Waals surface area contributed by atoms with Gasteiger partial charge in [0.1, 0.15) is 0 Å². The Labute approximate surface area is 52.1 Å². The van der Waals surface area contributed by atoms with Crippen LogP contribution in [0.3, 0.4) is 0 Å². The van der Waals surface area contributed by atoms with Gasteiger partial charge in [0.25, 0.3) is 0 Å². The molecule has 1 saturated heterocycles. The van der Waals surface area contributed by atoms with E-state index in [0.29, 0.717) is 12.8 Å². The van der Waals surface area contributed by atoms with Crippen LogP contribution in [0.1, 0.15) is 12.8 Å². The molecule has 0 amide bonds. The molecule has 1 rings (SSSR count). The lowest BCUT2D eigenvalue weighted by Crippen LogP contribution is -2.20. The van der Waals surface area contributed by atoms with Gasteiger partial charge in [0.15, 0.2) is 12.4 Å². The van der Waals surface area contributed by atoms with Crippen LogP contribution in [0.5, 0.6) is 0 Å². The maximum atomic E-state index is 10.1. The van der Waals surface area contributed by atoms with Gasteiger partial charge < -0.3 is 14.9 Å². The fraction of sp³-hybridized carbons (Fsp3) is 0.800. The zero-order valence-corrected chi connectivity index (χ0v) is 4.78. The fourth-order valence-electron chi connectivity index (χ4n) is 0.801. The summed E-state index contributed by atoms with van der Waals surface area (Å²) in [4.78, 5) is 10.1. The van der Waals surface area contributed by atoms with Crippen molar-refractivity contribution in [1.82, 2.24) is 0 Å². The monoisotopic (exact) mass is 132 g/mol. The lowest BCUT2D eigenvalue weighted by Gasteiger charge is -2.02. The molecule has 1 heterocycles. The molecule has 1 aliphatic heterocycles. The normalized spacial score (nSPS) is 34.8. The highest BCUT2D eigenvalue weighted by atomic mass is 16.6. The number of hydrogen-bond donors (Lipinski definition) is 2. The van der Waals surface area contributed by atoms with Crippen LogP contribution < -0.4 is 0 Å². The van der Waals surface area contributed by atoms with Crippen molar-refractivity contribution in [3.8, 4) is 0 Å². The molecule has 2 N–H and O–H groups in total. The van der Waals surface area contributed by atoms with E-state index in [0.717, 1.165) is 0 Å². The predicted molar refractivity (Wildman–Crippen MR) is 27.7 cm³/mol. The average molecular weight is 132 g/mol. The second kappa shape index (κ2) is 2.33. The van der Waals surface area contributed by atoms with Gasteiger partial charge in [-0.3, -0.25) is 0 Å². The van der Waals surface area contributed by atoms with Gasteiger partial charge in [-0.25, -0.2) is 4.79 Å². The molecule has 0 aromatic rings. The average Bonchev–Trinajstić information content (AvgIpc) is 2.14. The number of rotatable bonds is 1.